The van der Waals surface area contributed by atoms with Crippen molar-refractivity contribution in [3.05, 3.63) is 35.9 Å². The molecular weight excluding hydrogens is 192 g/mol. The molecule has 0 bridgehead atoms. The van der Waals surface area contributed by atoms with Crippen molar-refractivity contribution in [2.75, 3.05) is 20.6 Å². The Hall–Kier alpha value is -1.55. The average molecular weight is 208 g/mol. The molecule has 0 heterocycles. The first kappa shape index (κ1) is 11.5. The van der Waals surface area contributed by atoms with Crippen molar-refractivity contribution in [1.29, 1.82) is 0 Å². The summed E-state index contributed by atoms with van der Waals surface area (Å²) >= 11 is 0. The largest absolute Gasteiger partial charge is 0.465 e. The number of nitrogens with one attached hydrogen (secondary N) is 1. The molecule has 1 rings (SSSR count). The van der Waals surface area contributed by atoms with E-state index in [4.69, 9.17) is 5.11 Å². The van der Waals surface area contributed by atoms with Gasteiger partial charge in [0.25, 0.3) is 0 Å². The van der Waals surface area contributed by atoms with E-state index in [0.717, 1.165) is 5.56 Å². The Labute approximate surface area is 89.5 Å². The molecule has 2 N–H and O–H groups in total. The van der Waals surface area contributed by atoms with Crippen molar-refractivity contribution in [3.63, 3.8) is 0 Å². The zero-order valence-corrected chi connectivity index (χ0v) is 8.97. The molecule has 0 radical (unpaired) electrons. The summed E-state index contributed by atoms with van der Waals surface area (Å²) in [5, 5.41) is 11.2. The van der Waals surface area contributed by atoms with Crippen LogP contribution in [0.4, 0.5) is 4.79 Å². The molecule has 0 aromatic heterocycles. The summed E-state index contributed by atoms with van der Waals surface area (Å²) in [7, 11) is 3.83. The number of likely N-dealkylation sites (N-methyl/N-ethyl adjacent to an activating group) is 1. The first-order chi connectivity index (χ1) is 7.09. The molecule has 0 saturated heterocycles. The molecule has 4 heteroatoms. The predicted octanol–water partition coefficient (Wildman–Crippen LogP) is 1.56. The first-order valence-electron chi connectivity index (χ1n) is 4.78. The van der Waals surface area contributed by atoms with Gasteiger partial charge in [0, 0.05) is 6.54 Å². The molecule has 82 valence electrons. The normalized spacial score (nSPS) is 12.5. The van der Waals surface area contributed by atoms with Crippen LogP contribution < -0.4 is 5.32 Å². The van der Waals surface area contributed by atoms with Crippen LogP contribution in [-0.4, -0.2) is 36.7 Å². The average Bonchev–Trinajstić information content (AvgIpc) is 2.17. The third-order valence-electron chi connectivity index (χ3n) is 2.05. The summed E-state index contributed by atoms with van der Waals surface area (Å²) in [4.78, 5) is 12.6. The van der Waals surface area contributed by atoms with E-state index in [0.29, 0.717) is 6.54 Å². The number of hydrogen-bond acceptors (Lipinski definition) is 2. The molecule has 1 unspecified atom stereocenters. The van der Waals surface area contributed by atoms with E-state index in [-0.39, 0.29) is 6.04 Å². The van der Waals surface area contributed by atoms with Crippen LogP contribution in [0.5, 0.6) is 0 Å². The van der Waals surface area contributed by atoms with Crippen LogP contribution in [-0.2, 0) is 0 Å². The molecule has 1 amide bonds. The van der Waals surface area contributed by atoms with Gasteiger partial charge in [-0.15, -0.1) is 0 Å². The summed E-state index contributed by atoms with van der Waals surface area (Å²) in [6, 6.07) is 9.38. The highest BCUT2D eigenvalue weighted by atomic mass is 16.4. The van der Waals surface area contributed by atoms with Crippen LogP contribution in [0, 0.1) is 0 Å². The summed E-state index contributed by atoms with van der Waals surface area (Å²) in [5.41, 5.74) is 0.980. The van der Waals surface area contributed by atoms with E-state index >= 15 is 0 Å². The minimum atomic E-state index is -0.995. The van der Waals surface area contributed by atoms with Crippen LogP contribution in [0.1, 0.15) is 11.6 Å². The van der Waals surface area contributed by atoms with Crippen molar-refractivity contribution in [3.8, 4) is 0 Å². The molecule has 0 spiro atoms. The maximum atomic E-state index is 10.6. The second-order valence-corrected chi connectivity index (χ2v) is 3.68. The maximum Gasteiger partial charge on any atom is 0.405 e. The molecule has 1 atom stereocenters. The first-order valence-corrected chi connectivity index (χ1v) is 4.78. The Morgan fingerprint density at radius 2 is 2.00 bits per heavy atom. The van der Waals surface area contributed by atoms with E-state index in [9.17, 15) is 4.79 Å². The molecule has 15 heavy (non-hydrogen) atoms. The lowest BCUT2D eigenvalue weighted by molar-refractivity contribution is 0.186. The molecule has 0 aliphatic rings. The number of amides is 1. The monoisotopic (exact) mass is 208 g/mol. The highest BCUT2D eigenvalue weighted by Gasteiger charge is 2.13. The van der Waals surface area contributed by atoms with Gasteiger partial charge in [-0.25, -0.2) is 4.79 Å². The predicted molar refractivity (Wildman–Crippen MR) is 58.9 cm³/mol. The smallest absolute Gasteiger partial charge is 0.405 e. The van der Waals surface area contributed by atoms with E-state index in [1.54, 1.807) is 0 Å². The lowest BCUT2D eigenvalue weighted by Crippen LogP contribution is -2.34. The van der Waals surface area contributed by atoms with Crippen molar-refractivity contribution in [2.24, 2.45) is 0 Å². The van der Waals surface area contributed by atoms with Gasteiger partial charge in [-0.3, -0.25) is 0 Å². The Balaban J connectivity index is 2.76. The molecule has 4 nitrogen and oxygen atoms in total. The van der Waals surface area contributed by atoms with Crippen LogP contribution in [0.15, 0.2) is 30.3 Å². The molecule has 0 aliphatic heterocycles. The van der Waals surface area contributed by atoms with Crippen LogP contribution in [0.3, 0.4) is 0 Å². The second-order valence-electron chi connectivity index (χ2n) is 3.68. The molecule has 0 fully saturated rings. The number of rotatable bonds is 4. The van der Waals surface area contributed by atoms with Crippen molar-refractivity contribution in [1.82, 2.24) is 10.2 Å². The van der Waals surface area contributed by atoms with Crippen molar-refractivity contribution in [2.45, 2.75) is 6.04 Å². The van der Waals surface area contributed by atoms with Crippen LogP contribution in [0.25, 0.3) is 0 Å². The van der Waals surface area contributed by atoms with E-state index in [2.05, 4.69) is 5.32 Å². The number of carbonyl (C=O) groups is 1. The standard InChI is InChI=1S/C11H16N2O2/c1-13(2)8-10(12-11(14)15)9-6-4-3-5-7-9/h3-7,10,12H,8H2,1-2H3,(H,14,15). The topological polar surface area (TPSA) is 52.6 Å². The van der Waals surface area contributed by atoms with Gasteiger partial charge in [-0.2, -0.15) is 0 Å². The zero-order valence-electron chi connectivity index (χ0n) is 8.97. The van der Waals surface area contributed by atoms with Crippen molar-refractivity contribution < 1.29 is 9.90 Å². The summed E-state index contributed by atoms with van der Waals surface area (Å²) < 4.78 is 0. The minimum absolute atomic E-state index is 0.182. The van der Waals surface area contributed by atoms with Gasteiger partial charge in [0.2, 0.25) is 0 Å². The third kappa shape index (κ3) is 3.99. The molecular formula is C11H16N2O2. The second kappa shape index (κ2) is 5.36. The Kier molecular flexibility index (Phi) is 4.12. The van der Waals surface area contributed by atoms with Crippen LogP contribution >= 0.6 is 0 Å². The molecule has 1 aromatic carbocycles. The Morgan fingerprint density at radius 1 is 1.40 bits per heavy atom. The van der Waals surface area contributed by atoms with E-state index in [1.165, 1.54) is 0 Å². The summed E-state index contributed by atoms with van der Waals surface area (Å²) in [5.74, 6) is 0. The zero-order chi connectivity index (χ0) is 11.3. The molecule has 0 aliphatic carbocycles. The van der Waals surface area contributed by atoms with E-state index < -0.39 is 6.09 Å². The summed E-state index contributed by atoms with van der Waals surface area (Å²) in [6.07, 6.45) is -0.995. The van der Waals surface area contributed by atoms with Gasteiger partial charge in [0.05, 0.1) is 6.04 Å². The Morgan fingerprint density at radius 3 is 2.47 bits per heavy atom. The lowest BCUT2D eigenvalue weighted by atomic mass is 10.1. The van der Waals surface area contributed by atoms with E-state index in [1.807, 2.05) is 49.3 Å². The molecule has 1 aromatic rings. The number of nitrogens with zero attached hydrogens (tertiary/aromatic N) is 1. The minimum Gasteiger partial charge on any atom is -0.465 e. The number of benzene rings is 1. The number of carboxylic acid groups (broad SMARTS) is 1. The Bertz CT molecular complexity index is 312. The third-order valence-corrected chi connectivity index (χ3v) is 2.05. The highest BCUT2D eigenvalue weighted by Crippen LogP contribution is 2.12. The lowest BCUT2D eigenvalue weighted by Gasteiger charge is -2.21. The quantitative estimate of drug-likeness (QED) is 0.789. The van der Waals surface area contributed by atoms with Gasteiger partial charge in [0.1, 0.15) is 0 Å². The van der Waals surface area contributed by atoms with Crippen LogP contribution in [0.2, 0.25) is 0 Å². The molecule has 0 saturated carbocycles. The van der Waals surface area contributed by atoms with Gasteiger partial charge < -0.3 is 15.3 Å². The fourth-order valence-electron chi connectivity index (χ4n) is 1.43. The summed E-state index contributed by atoms with van der Waals surface area (Å²) in [6.45, 7) is 0.649. The van der Waals surface area contributed by atoms with Gasteiger partial charge in [-0.05, 0) is 19.7 Å². The fourth-order valence-corrected chi connectivity index (χ4v) is 1.43. The SMILES string of the molecule is CN(C)CC(NC(=O)O)c1ccccc1. The number of hydrogen-bond donors (Lipinski definition) is 2. The highest BCUT2D eigenvalue weighted by molar-refractivity contribution is 5.65. The van der Waals surface area contributed by atoms with Gasteiger partial charge in [-0.1, -0.05) is 30.3 Å². The van der Waals surface area contributed by atoms with Gasteiger partial charge >= 0.3 is 6.09 Å². The van der Waals surface area contributed by atoms with Crippen molar-refractivity contribution >= 4 is 6.09 Å². The maximum absolute atomic E-state index is 10.6. The fraction of sp³-hybridized carbons (Fsp3) is 0.364. The van der Waals surface area contributed by atoms with Gasteiger partial charge in [0.15, 0.2) is 0 Å².